The number of nitrogens with one attached hydrogen (secondary N) is 1. The molecule has 1 aromatic carbocycles. The SMILES string of the molecule is Cc1ccc(-n2cnnn2)cc1NC(C)c1cscn1. The molecule has 0 aliphatic carbocycles. The summed E-state index contributed by atoms with van der Waals surface area (Å²) >= 11 is 1.60. The van der Waals surface area contributed by atoms with Gasteiger partial charge in [-0.3, -0.25) is 0 Å². The molecule has 6 nitrogen and oxygen atoms in total. The first-order valence-electron chi connectivity index (χ1n) is 6.22. The molecule has 2 heterocycles. The van der Waals surface area contributed by atoms with Crippen molar-refractivity contribution >= 4 is 17.0 Å². The molecule has 20 heavy (non-hydrogen) atoms. The Morgan fingerprint density at radius 1 is 1.35 bits per heavy atom. The fourth-order valence-electron chi connectivity index (χ4n) is 1.93. The molecule has 102 valence electrons. The molecule has 0 aliphatic heterocycles. The lowest BCUT2D eigenvalue weighted by Crippen LogP contribution is -2.08. The summed E-state index contributed by atoms with van der Waals surface area (Å²) < 4.78 is 1.64. The summed E-state index contributed by atoms with van der Waals surface area (Å²) in [7, 11) is 0. The molecule has 0 bridgehead atoms. The number of benzene rings is 1. The lowest BCUT2D eigenvalue weighted by atomic mass is 10.1. The third kappa shape index (κ3) is 2.53. The molecule has 2 aromatic heterocycles. The van der Waals surface area contributed by atoms with Crippen LogP contribution >= 0.6 is 11.3 Å². The minimum atomic E-state index is 0.157. The molecular formula is C13H14N6S. The third-order valence-corrected chi connectivity index (χ3v) is 3.71. The van der Waals surface area contributed by atoms with E-state index < -0.39 is 0 Å². The van der Waals surface area contributed by atoms with Crippen molar-refractivity contribution in [3.63, 3.8) is 0 Å². The number of nitrogens with zero attached hydrogens (tertiary/aromatic N) is 5. The number of hydrogen-bond donors (Lipinski definition) is 1. The number of tetrazole rings is 1. The van der Waals surface area contributed by atoms with Crippen LogP contribution in [-0.4, -0.2) is 25.2 Å². The van der Waals surface area contributed by atoms with Gasteiger partial charge in [0.05, 0.1) is 22.9 Å². The van der Waals surface area contributed by atoms with E-state index in [2.05, 4.69) is 45.1 Å². The number of thiazole rings is 1. The largest absolute Gasteiger partial charge is 0.377 e. The van der Waals surface area contributed by atoms with Gasteiger partial charge in [0, 0.05) is 11.1 Å². The second-order valence-electron chi connectivity index (χ2n) is 4.53. The first-order chi connectivity index (χ1) is 9.74. The standard InChI is InChI=1S/C13H14N6S/c1-9-3-4-11(19-7-15-17-18-19)5-12(9)16-10(2)13-6-20-8-14-13/h3-8,10,16H,1-2H3. The fourth-order valence-corrected chi connectivity index (χ4v) is 2.58. The lowest BCUT2D eigenvalue weighted by Gasteiger charge is -2.16. The molecule has 1 atom stereocenters. The van der Waals surface area contributed by atoms with Crippen molar-refractivity contribution in [3.8, 4) is 5.69 Å². The Morgan fingerprint density at radius 3 is 2.95 bits per heavy atom. The predicted octanol–water partition coefficient (Wildman–Crippen LogP) is 2.60. The van der Waals surface area contributed by atoms with Crippen LogP contribution in [0.15, 0.2) is 35.4 Å². The van der Waals surface area contributed by atoms with Gasteiger partial charge in [-0.2, -0.15) is 0 Å². The van der Waals surface area contributed by atoms with E-state index in [0.717, 1.165) is 17.1 Å². The highest BCUT2D eigenvalue weighted by molar-refractivity contribution is 7.07. The van der Waals surface area contributed by atoms with Gasteiger partial charge >= 0.3 is 0 Å². The van der Waals surface area contributed by atoms with E-state index >= 15 is 0 Å². The van der Waals surface area contributed by atoms with Gasteiger partial charge in [0.2, 0.25) is 0 Å². The number of anilines is 1. The number of aryl methyl sites for hydroxylation is 1. The number of hydrogen-bond acceptors (Lipinski definition) is 6. The van der Waals surface area contributed by atoms with Gasteiger partial charge in [-0.1, -0.05) is 6.07 Å². The van der Waals surface area contributed by atoms with Crippen LogP contribution in [0.25, 0.3) is 5.69 Å². The molecular weight excluding hydrogens is 272 g/mol. The second kappa shape index (κ2) is 5.38. The van der Waals surface area contributed by atoms with Gasteiger partial charge in [-0.15, -0.1) is 16.4 Å². The van der Waals surface area contributed by atoms with Crippen LogP contribution in [0.2, 0.25) is 0 Å². The highest BCUT2D eigenvalue weighted by atomic mass is 32.1. The minimum absolute atomic E-state index is 0.157. The second-order valence-corrected chi connectivity index (χ2v) is 5.25. The number of aromatic nitrogens is 5. The Bertz CT molecular complexity index is 677. The fraction of sp³-hybridized carbons (Fsp3) is 0.231. The summed E-state index contributed by atoms with van der Waals surface area (Å²) in [6, 6.07) is 6.23. The Kier molecular flexibility index (Phi) is 3.42. The van der Waals surface area contributed by atoms with Gasteiger partial charge in [0.15, 0.2) is 0 Å². The molecule has 0 fully saturated rings. The van der Waals surface area contributed by atoms with Crippen molar-refractivity contribution in [2.24, 2.45) is 0 Å². The van der Waals surface area contributed by atoms with Crippen molar-refractivity contribution in [3.05, 3.63) is 46.7 Å². The monoisotopic (exact) mass is 286 g/mol. The summed E-state index contributed by atoms with van der Waals surface area (Å²) in [6.07, 6.45) is 1.58. The maximum atomic E-state index is 4.33. The van der Waals surface area contributed by atoms with E-state index in [-0.39, 0.29) is 6.04 Å². The molecule has 0 saturated heterocycles. The van der Waals surface area contributed by atoms with Gasteiger partial charge in [0.25, 0.3) is 0 Å². The summed E-state index contributed by atoms with van der Waals surface area (Å²) in [4.78, 5) is 4.33. The Labute approximate surface area is 120 Å². The molecule has 7 heteroatoms. The van der Waals surface area contributed by atoms with Gasteiger partial charge in [-0.25, -0.2) is 9.67 Å². The Balaban J connectivity index is 1.87. The zero-order valence-electron chi connectivity index (χ0n) is 11.2. The summed E-state index contributed by atoms with van der Waals surface area (Å²) in [6.45, 7) is 4.16. The van der Waals surface area contributed by atoms with Crippen LogP contribution in [0, 0.1) is 6.92 Å². The zero-order valence-corrected chi connectivity index (χ0v) is 12.0. The number of rotatable bonds is 4. The predicted molar refractivity (Wildman–Crippen MR) is 78.0 cm³/mol. The van der Waals surface area contributed by atoms with E-state index in [0.29, 0.717) is 0 Å². The lowest BCUT2D eigenvalue weighted by molar-refractivity contribution is 0.788. The van der Waals surface area contributed by atoms with Crippen molar-refractivity contribution in [1.82, 2.24) is 25.2 Å². The van der Waals surface area contributed by atoms with E-state index in [1.54, 1.807) is 22.3 Å². The molecule has 3 rings (SSSR count). The Hall–Kier alpha value is -2.28. The van der Waals surface area contributed by atoms with Crippen LogP contribution in [0.4, 0.5) is 5.69 Å². The van der Waals surface area contributed by atoms with Crippen molar-refractivity contribution < 1.29 is 0 Å². The van der Waals surface area contributed by atoms with Gasteiger partial charge in [-0.05, 0) is 42.0 Å². The summed E-state index contributed by atoms with van der Waals surface area (Å²) in [5.74, 6) is 0. The molecule has 3 aromatic rings. The van der Waals surface area contributed by atoms with Crippen LogP contribution in [0.5, 0.6) is 0 Å². The third-order valence-electron chi connectivity index (χ3n) is 3.10. The maximum absolute atomic E-state index is 4.33. The molecule has 1 N–H and O–H groups in total. The van der Waals surface area contributed by atoms with Crippen LogP contribution in [-0.2, 0) is 0 Å². The molecule has 0 radical (unpaired) electrons. The minimum Gasteiger partial charge on any atom is -0.377 e. The quantitative estimate of drug-likeness (QED) is 0.798. The van der Waals surface area contributed by atoms with Crippen LogP contribution in [0.3, 0.4) is 0 Å². The van der Waals surface area contributed by atoms with Crippen molar-refractivity contribution in [2.45, 2.75) is 19.9 Å². The molecule has 1 unspecified atom stereocenters. The van der Waals surface area contributed by atoms with E-state index in [9.17, 15) is 0 Å². The van der Waals surface area contributed by atoms with E-state index in [1.807, 2.05) is 23.7 Å². The Morgan fingerprint density at radius 2 is 2.25 bits per heavy atom. The van der Waals surface area contributed by atoms with E-state index in [1.165, 1.54) is 5.56 Å². The first kappa shape index (κ1) is 12.7. The molecule has 0 aliphatic rings. The average Bonchev–Trinajstić information content (AvgIpc) is 3.14. The average molecular weight is 286 g/mol. The summed E-state index contributed by atoms with van der Waals surface area (Å²) in [5.41, 5.74) is 6.04. The highest BCUT2D eigenvalue weighted by Crippen LogP contribution is 2.24. The van der Waals surface area contributed by atoms with Crippen LogP contribution < -0.4 is 5.32 Å². The van der Waals surface area contributed by atoms with E-state index in [4.69, 9.17) is 0 Å². The first-order valence-corrected chi connectivity index (χ1v) is 7.17. The summed E-state index contributed by atoms with van der Waals surface area (Å²) in [5, 5.41) is 16.7. The molecule has 0 saturated carbocycles. The normalized spacial score (nSPS) is 12.3. The molecule has 0 amide bonds. The highest BCUT2D eigenvalue weighted by Gasteiger charge is 2.10. The topological polar surface area (TPSA) is 68.5 Å². The zero-order chi connectivity index (χ0) is 13.9. The smallest absolute Gasteiger partial charge is 0.143 e. The van der Waals surface area contributed by atoms with Crippen LogP contribution in [0.1, 0.15) is 24.2 Å². The van der Waals surface area contributed by atoms with Crippen molar-refractivity contribution in [1.29, 1.82) is 0 Å². The molecule has 0 spiro atoms. The van der Waals surface area contributed by atoms with Gasteiger partial charge in [0.1, 0.15) is 6.33 Å². The van der Waals surface area contributed by atoms with Gasteiger partial charge < -0.3 is 5.32 Å². The van der Waals surface area contributed by atoms with Crippen molar-refractivity contribution in [2.75, 3.05) is 5.32 Å². The maximum Gasteiger partial charge on any atom is 0.143 e.